The Bertz CT molecular complexity index is 749. The number of anilines is 1. The predicted molar refractivity (Wildman–Crippen MR) is 79.3 cm³/mol. The summed E-state index contributed by atoms with van der Waals surface area (Å²) in [4.78, 5) is 11.4. The Hall–Kier alpha value is -1.62. The fraction of sp³-hybridized carbons (Fsp3) is 0.133. The molecule has 3 rings (SSSR count). The van der Waals surface area contributed by atoms with Gasteiger partial charge >= 0.3 is 0 Å². The van der Waals surface area contributed by atoms with Crippen LogP contribution in [0, 0.1) is 5.82 Å². The first-order chi connectivity index (χ1) is 9.95. The molecule has 0 bridgehead atoms. The molecule has 2 N–H and O–H groups in total. The second kappa shape index (κ2) is 5.30. The number of amides is 1. The number of aliphatic hydroxyl groups excluding tert-OH is 1. The highest BCUT2D eigenvalue weighted by atomic mass is 35.5. The van der Waals surface area contributed by atoms with E-state index in [4.69, 9.17) is 23.2 Å². The monoisotopic (exact) mass is 325 g/mol. The van der Waals surface area contributed by atoms with Crippen molar-refractivity contribution in [3.63, 3.8) is 0 Å². The standard InChI is InChI=1S/C15H10Cl2FNO2/c16-10-2-1-7(4-12(10)18)15(21)9-3-8-5-14(20)19-13(8)6-11(9)17/h1-4,6,15,21H,5H2,(H,19,20). The van der Waals surface area contributed by atoms with Crippen LogP contribution in [-0.2, 0) is 11.2 Å². The minimum atomic E-state index is -1.09. The molecule has 0 radical (unpaired) electrons. The number of fused-ring (bicyclic) bond motifs is 1. The summed E-state index contributed by atoms with van der Waals surface area (Å²) in [5.74, 6) is -0.729. The van der Waals surface area contributed by atoms with E-state index in [1.807, 2.05) is 0 Å². The van der Waals surface area contributed by atoms with Gasteiger partial charge in [-0.3, -0.25) is 4.79 Å². The Morgan fingerprint density at radius 3 is 2.67 bits per heavy atom. The van der Waals surface area contributed by atoms with Crippen molar-refractivity contribution < 1.29 is 14.3 Å². The molecule has 108 valence electrons. The van der Waals surface area contributed by atoms with Gasteiger partial charge in [-0.25, -0.2) is 4.39 Å². The number of aliphatic hydroxyl groups is 1. The zero-order chi connectivity index (χ0) is 15.1. The summed E-state index contributed by atoms with van der Waals surface area (Å²) in [6, 6.07) is 7.32. The molecule has 0 saturated carbocycles. The highest BCUT2D eigenvalue weighted by Crippen LogP contribution is 2.35. The topological polar surface area (TPSA) is 49.3 Å². The molecule has 0 spiro atoms. The lowest BCUT2D eigenvalue weighted by molar-refractivity contribution is -0.115. The van der Waals surface area contributed by atoms with Gasteiger partial charge in [0.15, 0.2) is 0 Å². The highest BCUT2D eigenvalue weighted by molar-refractivity contribution is 6.32. The molecule has 1 atom stereocenters. The third-order valence-corrected chi connectivity index (χ3v) is 4.04. The first kappa shape index (κ1) is 14.3. The molecule has 0 saturated heterocycles. The maximum atomic E-state index is 13.5. The zero-order valence-electron chi connectivity index (χ0n) is 10.7. The highest BCUT2D eigenvalue weighted by Gasteiger charge is 2.23. The number of carbonyl (C=O) groups excluding carboxylic acids is 1. The van der Waals surface area contributed by atoms with Gasteiger partial charge in [0.25, 0.3) is 0 Å². The van der Waals surface area contributed by atoms with Crippen LogP contribution in [0.4, 0.5) is 10.1 Å². The molecular weight excluding hydrogens is 316 g/mol. The molecule has 1 heterocycles. The van der Waals surface area contributed by atoms with E-state index < -0.39 is 11.9 Å². The van der Waals surface area contributed by atoms with Gasteiger partial charge in [-0.15, -0.1) is 0 Å². The van der Waals surface area contributed by atoms with Crippen LogP contribution in [0.1, 0.15) is 22.8 Å². The maximum Gasteiger partial charge on any atom is 0.228 e. The zero-order valence-corrected chi connectivity index (χ0v) is 12.2. The Balaban J connectivity index is 2.02. The van der Waals surface area contributed by atoms with Gasteiger partial charge in [0, 0.05) is 16.3 Å². The van der Waals surface area contributed by atoms with Crippen molar-refractivity contribution in [1.82, 2.24) is 0 Å². The lowest BCUT2D eigenvalue weighted by Crippen LogP contribution is -2.03. The molecule has 0 aromatic heterocycles. The third kappa shape index (κ3) is 2.62. The lowest BCUT2D eigenvalue weighted by atomic mass is 9.98. The Morgan fingerprint density at radius 1 is 1.19 bits per heavy atom. The predicted octanol–water partition coefficient (Wildman–Crippen LogP) is 3.71. The second-order valence-corrected chi connectivity index (χ2v) is 5.65. The first-order valence-corrected chi connectivity index (χ1v) is 6.96. The van der Waals surface area contributed by atoms with Crippen LogP contribution in [0.2, 0.25) is 10.0 Å². The third-order valence-electron chi connectivity index (χ3n) is 3.40. The van der Waals surface area contributed by atoms with Gasteiger partial charge in [0.05, 0.1) is 11.4 Å². The minimum Gasteiger partial charge on any atom is -0.384 e. The number of hydrogen-bond donors (Lipinski definition) is 2. The van der Waals surface area contributed by atoms with Crippen LogP contribution in [0.25, 0.3) is 0 Å². The van der Waals surface area contributed by atoms with Crippen LogP contribution in [0.5, 0.6) is 0 Å². The fourth-order valence-electron chi connectivity index (χ4n) is 2.34. The SMILES string of the molecule is O=C1Cc2cc(C(O)c3ccc(Cl)c(F)c3)c(Cl)cc2N1. The molecule has 1 aliphatic rings. The van der Waals surface area contributed by atoms with Gasteiger partial charge < -0.3 is 10.4 Å². The van der Waals surface area contributed by atoms with Crippen molar-refractivity contribution in [3.05, 3.63) is 62.9 Å². The Labute approximate surface area is 130 Å². The lowest BCUT2D eigenvalue weighted by Gasteiger charge is -2.15. The molecule has 6 heteroatoms. The normalized spacial score (nSPS) is 14.8. The van der Waals surface area contributed by atoms with E-state index in [1.54, 1.807) is 12.1 Å². The average Bonchev–Trinajstić information content (AvgIpc) is 2.79. The summed E-state index contributed by atoms with van der Waals surface area (Å²) in [6.45, 7) is 0. The molecule has 0 aliphatic carbocycles. The van der Waals surface area contributed by atoms with Crippen molar-refractivity contribution in [1.29, 1.82) is 0 Å². The van der Waals surface area contributed by atoms with E-state index in [0.29, 0.717) is 21.8 Å². The number of hydrogen-bond acceptors (Lipinski definition) is 2. The summed E-state index contributed by atoms with van der Waals surface area (Å²) >= 11 is 11.8. The number of benzene rings is 2. The van der Waals surface area contributed by atoms with Crippen molar-refractivity contribution in [3.8, 4) is 0 Å². The molecule has 1 aliphatic heterocycles. The van der Waals surface area contributed by atoms with Crippen LogP contribution >= 0.6 is 23.2 Å². The van der Waals surface area contributed by atoms with E-state index in [0.717, 1.165) is 5.56 Å². The number of nitrogens with one attached hydrogen (secondary N) is 1. The molecular formula is C15H10Cl2FNO2. The quantitative estimate of drug-likeness (QED) is 0.884. The molecule has 1 unspecified atom stereocenters. The number of rotatable bonds is 2. The number of carbonyl (C=O) groups is 1. The van der Waals surface area contributed by atoms with Crippen LogP contribution < -0.4 is 5.32 Å². The summed E-state index contributed by atoms with van der Waals surface area (Å²) in [5.41, 5.74) is 2.17. The van der Waals surface area contributed by atoms with Gasteiger partial charge in [-0.2, -0.15) is 0 Å². The minimum absolute atomic E-state index is 0.0132. The van der Waals surface area contributed by atoms with Crippen molar-refractivity contribution >= 4 is 34.8 Å². The van der Waals surface area contributed by atoms with Gasteiger partial charge in [-0.1, -0.05) is 29.3 Å². The van der Waals surface area contributed by atoms with E-state index in [2.05, 4.69) is 5.32 Å². The first-order valence-electron chi connectivity index (χ1n) is 6.21. The summed E-state index contributed by atoms with van der Waals surface area (Å²) < 4.78 is 13.5. The second-order valence-electron chi connectivity index (χ2n) is 4.83. The molecule has 0 fully saturated rings. The molecule has 21 heavy (non-hydrogen) atoms. The van der Waals surface area contributed by atoms with Gasteiger partial charge in [-0.05, 0) is 35.4 Å². The largest absolute Gasteiger partial charge is 0.384 e. The molecule has 1 amide bonds. The average molecular weight is 326 g/mol. The van der Waals surface area contributed by atoms with Gasteiger partial charge in [0.1, 0.15) is 11.9 Å². The van der Waals surface area contributed by atoms with Crippen LogP contribution in [0.15, 0.2) is 30.3 Å². The fourth-order valence-corrected chi connectivity index (χ4v) is 2.72. The van der Waals surface area contributed by atoms with E-state index >= 15 is 0 Å². The maximum absolute atomic E-state index is 13.5. The van der Waals surface area contributed by atoms with Crippen molar-refractivity contribution in [2.75, 3.05) is 5.32 Å². The van der Waals surface area contributed by atoms with E-state index in [9.17, 15) is 14.3 Å². The summed E-state index contributed by atoms with van der Waals surface area (Å²) in [6.07, 6.45) is -0.855. The van der Waals surface area contributed by atoms with Gasteiger partial charge in [0.2, 0.25) is 5.91 Å². The van der Waals surface area contributed by atoms with E-state index in [1.165, 1.54) is 18.2 Å². The Morgan fingerprint density at radius 2 is 1.95 bits per heavy atom. The summed E-state index contributed by atoms with van der Waals surface area (Å²) in [7, 11) is 0. The molecule has 2 aromatic rings. The van der Waals surface area contributed by atoms with E-state index in [-0.39, 0.29) is 17.4 Å². The molecule has 2 aromatic carbocycles. The number of halogens is 3. The summed E-state index contributed by atoms with van der Waals surface area (Å²) in [5, 5.41) is 13.4. The van der Waals surface area contributed by atoms with Crippen molar-refractivity contribution in [2.24, 2.45) is 0 Å². The van der Waals surface area contributed by atoms with Crippen LogP contribution in [-0.4, -0.2) is 11.0 Å². The van der Waals surface area contributed by atoms with Crippen molar-refractivity contribution in [2.45, 2.75) is 12.5 Å². The molecule has 3 nitrogen and oxygen atoms in total. The van der Waals surface area contributed by atoms with Crippen LogP contribution in [0.3, 0.4) is 0 Å². The smallest absolute Gasteiger partial charge is 0.228 e. The Kier molecular flexibility index (Phi) is 3.61.